The van der Waals surface area contributed by atoms with Gasteiger partial charge in [0.05, 0.1) is 11.3 Å². The first-order chi connectivity index (χ1) is 9.10. The highest BCUT2D eigenvalue weighted by molar-refractivity contribution is 5.95. The summed E-state index contributed by atoms with van der Waals surface area (Å²) in [4.78, 5) is 11.3. The number of carboxylic acids is 1. The van der Waals surface area contributed by atoms with Crippen LogP contribution in [0.3, 0.4) is 0 Å². The van der Waals surface area contributed by atoms with E-state index in [9.17, 15) is 9.90 Å². The molecule has 0 aliphatic carbocycles. The number of rotatable bonds is 8. The number of hydrogen-bond acceptors (Lipinski definition) is 2. The maximum atomic E-state index is 11.3. The second kappa shape index (κ2) is 7.82. The van der Waals surface area contributed by atoms with E-state index in [1.54, 1.807) is 12.1 Å². The minimum absolute atomic E-state index is 0.365. The number of carbonyl (C=O) groups is 1. The Morgan fingerprint density at radius 2 is 2.00 bits per heavy atom. The molecule has 0 bridgehead atoms. The lowest BCUT2D eigenvalue weighted by atomic mass is 10.0. The Balaban J connectivity index is 2.91. The molecular formula is C16H25NO2. The van der Waals surface area contributed by atoms with Crippen LogP contribution in [-0.2, 0) is 0 Å². The van der Waals surface area contributed by atoms with Crippen molar-refractivity contribution in [3.05, 3.63) is 29.3 Å². The molecule has 1 rings (SSSR count). The van der Waals surface area contributed by atoms with Crippen molar-refractivity contribution in [1.29, 1.82) is 0 Å². The Bertz CT molecular complexity index is 415. The summed E-state index contributed by atoms with van der Waals surface area (Å²) >= 11 is 0. The highest BCUT2D eigenvalue weighted by Crippen LogP contribution is 2.23. The second-order valence-corrected chi connectivity index (χ2v) is 5.07. The van der Waals surface area contributed by atoms with Crippen molar-refractivity contribution in [1.82, 2.24) is 0 Å². The SMILES string of the molecule is CCCCC(CCC)Nc1c(C)cccc1C(=O)O. The lowest BCUT2D eigenvalue weighted by Gasteiger charge is -2.22. The van der Waals surface area contributed by atoms with E-state index in [-0.39, 0.29) is 0 Å². The van der Waals surface area contributed by atoms with Crippen LogP contribution in [0.5, 0.6) is 0 Å². The van der Waals surface area contributed by atoms with E-state index in [4.69, 9.17) is 0 Å². The third kappa shape index (κ3) is 4.58. The molecule has 0 aromatic heterocycles. The Morgan fingerprint density at radius 1 is 1.26 bits per heavy atom. The zero-order valence-electron chi connectivity index (χ0n) is 12.2. The summed E-state index contributed by atoms with van der Waals surface area (Å²) in [5.74, 6) is -0.864. The average molecular weight is 263 g/mol. The molecule has 1 aromatic carbocycles. The van der Waals surface area contributed by atoms with Gasteiger partial charge < -0.3 is 10.4 Å². The molecule has 3 nitrogen and oxygen atoms in total. The van der Waals surface area contributed by atoms with Gasteiger partial charge in [-0.2, -0.15) is 0 Å². The zero-order chi connectivity index (χ0) is 14.3. The lowest BCUT2D eigenvalue weighted by molar-refractivity contribution is 0.0698. The maximum Gasteiger partial charge on any atom is 0.337 e. The van der Waals surface area contributed by atoms with E-state index in [1.807, 2.05) is 13.0 Å². The van der Waals surface area contributed by atoms with E-state index in [1.165, 1.54) is 12.8 Å². The first-order valence-corrected chi connectivity index (χ1v) is 7.19. The molecule has 0 aliphatic heterocycles. The van der Waals surface area contributed by atoms with Crippen molar-refractivity contribution in [2.24, 2.45) is 0 Å². The van der Waals surface area contributed by atoms with Crippen LogP contribution in [0.1, 0.15) is 61.9 Å². The van der Waals surface area contributed by atoms with E-state index >= 15 is 0 Å². The monoisotopic (exact) mass is 263 g/mol. The summed E-state index contributed by atoms with van der Waals surface area (Å²) < 4.78 is 0. The number of aromatic carboxylic acids is 1. The van der Waals surface area contributed by atoms with Crippen molar-refractivity contribution in [3.8, 4) is 0 Å². The predicted molar refractivity (Wildman–Crippen MR) is 80.0 cm³/mol. The minimum Gasteiger partial charge on any atom is -0.478 e. The molecule has 0 saturated carbocycles. The van der Waals surface area contributed by atoms with Crippen LogP contribution in [0.15, 0.2) is 18.2 Å². The third-order valence-corrected chi connectivity index (χ3v) is 3.39. The van der Waals surface area contributed by atoms with Gasteiger partial charge in [-0.3, -0.25) is 0 Å². The van der Waals surface area contributed by atoms with Crippen LogP contribution in [0.25, 0.3) is 0 Å². The molecule has 0 saturated heterocycles. The molecule has 1 atom stereocenters. The smallest absolute Gasteiger partial charge is 0.337 e. The Hall–Kier alpha value is -1.51. The van der Waals surface area contributed by atoms with Crippen LogP contribution in [0.2, 0.25) is 0 Å². The predicted octanol–water partition coefficient (Wildman–Crippen LogP) is 4.46. The molecule has 1 unspecified atom stereocenters. The maximum absolute atomic E-state index is 11.3. The van der Waals surface area contributed by atoms with Crippen molar-refractivity contribution in [3.63, 3.8) is 0 Å². The first kappa shape index (κ1) is 15.5. The molecule has 0 aliphatic rings. The molecule has 0 radical (unpaired) electrons. The number of para-hydroxylation sites is 1. The number of aryl methyl sites for hydroxylation is 1. The topological polar surface area (TPSA) is 49.3 Å². The van der Waals surface area contributed by atoms with Crippen molar-refractivity contribution < 1.29 is 9.90 Å². The molecule has 0 heterocycles. The Kier molecular flexibility index (Phi) is 6.40. The lowest BCUT2D eigenvalue weighted by Crippen LogP contribution is -2.21. The van der Waals surface area contributed by atoms with Gasteiger partial charge >= 0.3 is 5.97 Å². The molecular weight excluding hydrogens is 238 g/mol. The van der Waals surface area contributed by atoms with Gasteiger partial charge in [-0.05, 0) is 31.4 Å². The van der Waals surface area contributed by atoms with Gasteiger partial charge in [0.2, 0.25) is 0 Å². The highest BCUT2D eigenvalue weighted by atomic mass is 16.4. The largest absolute Gasteiger partial charge is 0.478 e. The molecule has 106 valence electrons. The quantitative estimate of drug-likeness (QED) is 0.727. The number of carboxylic acid groups (broad SMARTS) is 1. The first-order valence-electron chi connectivity index (χ1n) is 7.19. The minimum atomic E-state index is -0.864. The molecule has 0 fully saturated rings. The fourth-order valence-corrected chi connectivity index (χ4v) is 2.33. The summed E-state index contributed by atoms with van der Waals surface area (Å²) in [5.41, 5.74) is 2.15. The summed E-state index contributed by atoms with van der Waals surface area (Å²) in [6.45, 7) is 6.30. The Morgan fingerprint density at radius 3 is 2.58 bits per heavy atom. The highest BCUT2D eigenvalue weighted by Gasteiger charge is 2.15. The van der Waals surface area contributed by atoms with E-state index in [2.05, 4.69) is 19.2 Å². The second-order valence-electron chi connectivity index (χ2n) is 5.07. The third-order valence-electron chi connectivity index (χ3n) is 3.39. The van der Waals surface area contributed by atoms with Gasteiger partial charge in [-0.15, -0.1) is 0 Å². The number of anilines is 1. The van der Waals surface area contributed by atoms with Gasteiger partial charge in [0, 0.05) is 6.04 Å². The fraction of sp³-hybridized carbons (Fsp3) is 0.562. The van der Waals surface area contributed by atoms with Gasteiger partial charge in [0.1, 0.15) is 0 Å². The molecule has 19 heavy (non-hydrogen) atoms. The van der Waals surface area contributed by atoms with E-state index < -0.39 is 5.97 Å². The summed E-state index contributed by atoms with van der Waals surface area (Å²) in [5, 5.41) is 12.7. The number of unbranched alkanes of at least 4 members (excludes halogenated alkanes) is 1. The van der Waals surface area contributed by atoms with Gasteiger partial charge in [0.15, 0.2) is 0 Å². The average Bonchev–Trinajstić information content (AvgIpc) is 2.38. The summed E-state index contributed by atoms with van der Waals surface area (Å²) in [6, 6.07) is 5.78. The van der Waals surface area contributed by atoms with E-state index in [0.717, 1.165) is 30.5 Å². The van der Waals surface area contributed by atoms with E-state index in [0.29, 0.717) is 11.6 Å². The van der Waals surface area contributed by atoms with Crippen LogP contribution < -0.4 is 5.32 Å². The molecule has 1 aromatic rings. The van der Waals surface area contributed by atoms with Crippen LogP contribution >= 0.6 is 0 Å². The van der Waals surface area contributed by atoms with Crippen LogP contribution in [0, 0.1) is 6.92 Å². The normalized spacial score (nSPS) is 12.2. The van der Waals surface area contributed by atoms with Gasteiger partial charge in [0.25, 0.3) is 0 Å². The number of benzene rings is 1. The van der Waals surface area contributed by atoms with Crippen molar-refractivity contribution in [2.75, 3.05) is 5.32 Å². The summed E-state index contributed by atoms with van der Waals surface area (Å²) in [7, 11) is 0. The summed E-state index contributed by atoms with van der Waals surface area (Å²) in [6.07, 6.45) is 5.62. The number of hydrogen-bond donors (Lipinski definition) is 2. The van der Waals surface area contributed by atoms with Crippen molar-refractivity contribution >= 4 is 11.7 Å². The molecule has 0 spiro atoms. The van der Waals surface area contributed by atoms with Crippen molar-refractivity contribution in [2.45, 2.75) is 58.9 Å². The van der Waals surface area contributed by atoms with Crippen LogP contribution in [-0.4, -0.2) is 17.1 Å². The Labute approximate surface area is 116 Å². The molecule has 2 N–H and O–H groups in total. The molecule has 3 heteroatoms. The zero-order valence-corrected chi connectivity index (χ0v) is 12.2. The standard InChI is InChI=1S/C16H25NO2/c1-4-6-10-13(8-5-2)17-15-12(3)9-7-11-14(15)16(18)19/h7,9,11,13,17H,4-6,8,10H2,1-3H3,(H,18,19). The molecule has 0 amide bonds. The van der Waals surface area contributed by atoms with Crippen LogP contribution in [0.4, 0.5) is 5.69 Å². The van der Waals surface area contributed by atoms with Gasteiger partial charge in [-0.1, -0.05) is 45.2 Å². The number of nitrogens with one attached hydrogen (secondary N) is 1. The van der Waals surface area contributed by atoms with Gasteiger partial charge in [-0.25, -0.2) is 4.79 Å². The fourth-order valence-electron chi connectivity index (χ4n) is 2.33.